The Labute approximate surface area is 210 Å². The number of hydrogen-bond acceptors (Lipinski definition) is 12. The number of methoxy groups -OCH3 is 1. The fourth-order valence-electron chi connectivity index (χ4n) is 2.45. The van der Waals surface area contributed by atoms with Crippen molar-refractivity contribution in [3.63, 3.8) is 0 Å². The number of benzene rings is 1. The molecule has 0 unspecified atom stereocenters. The van der Waals surface area contributed by atoms with Gasteiger partial charge in [0.25, 0.3) is 0 Å². The number of carbonyl (C=O) groups is 4. The lowest BCUT2D eigenvalue weighted by molar-refractivity contribution is -0.148. The van der Waals surface area contributed by atoms with E-state index in [0.717, 1.165) is 7.11 Å². The topological polar surface area (TPSA) is 159 Å². The van der Waals surface area contributed by atoms with Crippen LogP contribution in [0, 0.1) is 0 Å². The van der Waals surface area contributed by atoms with Crippen molar-refractivity contribution in [2.75, 3.05) is 13.7 Å². The van der Waals surface area contributed by atoms with Crippen molar-refractivity contribution in [3.05, 3.63) is 23.8 Å². The van der Waals surface area contributed by atoms with E-state index < -0.39 is 47.8 Å². The first-order chi connectivity index (χ1) is 16.5. The summed E-state index contributed by atoms with van der Waals surface area (Å²) in [5.74, 6) is -1.00. The maximum absolute atomic E-state index is 12.3. The maximum Gasteiger partial charge on any atom is 0.514 e. The summed E-state index contributed by atoms with van der Waals surface area (Å²) in [5.41, 5.74) is 4.77. The van der Waals surface area contributed by atoms with Crippen LogP contribution in [0.2, 0.25) is 0 Å². The average Bonchev–Trinajstić information content (AvgIpc) is 2.70. The van der Waals surface area contributed by atoms with Gasteiger partial charge >= 0.3 is 24.4 Å². The molecule has 0 fully saturated rings. The molecule has 1 aromatic carbocycles. The molecular formula is C24H35NO11. The highest BCUT2D eigenvalue weighted by molar-refractivity contribution is 5.76. The van der Waals surface area contributed by atoms with E-state index in [0.29, 0.717) is 5.56 Å². The molecule has 0 aromatic heterocycles. The first-order valence-electron chi connectivity index (χ1n) is 11.1. The van der Waals surface area contributed by atoms with Gasteiger partial charge in [0, 0.05) is 0 Å². The molecule has 2 atom stereocenters. The van der Waals surface area contributed by atoms with Crippen LogP contribution in [0.1, 0.15) is 54.0 Å². The molecule has 0 saturated carbocycles. The highest BCUT2D eigenvalue weighted by Gasteiger charge is 2.24. The maximum atomic E-state index is 12.3. The molecule has 12 heteroatoms. The molecule has 202 valence electrons. The number of carbonyl (C=O) groups excluding carboxylic acids is 4. The largest absolute Gasteiger partial charge is 0.514 e. The average molecular weight is 514 g/mol. The zero-order valence-corrected chi connectivity index (χ0v) is 21.9. The summed E-state index contributed by atoms with van der Waals surface area (Å²) >= 11 is 0. The summed E-state index contributed by atoms with van der Waals surface area (Å²) in [7, 11) is 1.15. The third-order valence-corrected chi connectivity index (χ3v) is 3.86. The summed E-state index contributed by atoms with van der Waals surface area (Å²) < 4.78 is 35.0. The number of hydrogen-bond donors (Lipinski definition) is 1. The normalized spacial score (nSPS) is 13.0. The van der Waals surface area contributed by atoms with Gasteiger partial charge in [-0.05, 0) is 72.6 Å². The van der Waals surface area contributed by atoms with Gasteiger partial charge < -0.3 is 38.9 Å². The van der Waals surface area contributed by atoms with Gasteiger partial charge in [0.15, 0.2) is 11.5 Å². The lowest BCUT2D eigenvalue weighted by atomic mass is 10.1. The number of nitrogens with two attached hydrogens (primary N) is 1. The minimum absolute atomic E-state index is 0.0114. The fourth-order valence-corrected chi connectivity index (χ4v) is 2.45. The summed E-state index contributed by atoms with van der Waals surface area (Å²) in [6, 6.07) is 3.17. The fraction of sp³-hybridized carbons (Fsp3) is 0.583. The molecule has 0 saturated heterocycles. The van der Waals surface area contributed by atoms with Crippen molar-refractivity contribution in [2.24, 2.45) is 5.73 Å². The Morgan fingerprint density at radius 3 is 1.89 bits per heavy atom. The van der Waals surface area contributed by atoms with E-state index in [1.165, 1.54) is 25.1 Å². The predicted octanol–water partition coefficient (Wildman–Crippen LogP) is 3.90. The molecule has 0 radical (unpaired) electrons. The smallest absolute Gasteiger partial charge is 0.461 e. The monoisotopic (exact) mass is 513 g/mol. The Morgan fingerprint density at radius 1 is 0.861 bits per heavy atom. The van der Waals surface area contributed by atoms with E-state index in [1.54, 1.807) is 41.5 Å². The highest BCUT2D eigenvalue weighted by atomic mass is 16.8. The minimum atomic E-state index is -1.10. The molecular weight excluding hydrogens is 478 g/mol. The molecule has 0 aliphatic carbocycles. The van der Waals surface area contributed by atoms with Crippen molar-refractivity contribution < 1.29 is 52.3 Å². The van der Waals surface area contributed by atoms with E-state index in [9.17, 15) is 19.2 Å². The molecule has 0 aliphatic heterocycles. The molecule has 36 heavy (non-hydrogen) atoms. The first-order valence-corrected chi connectivity index (χ1v) is 11.1. The highest BCUT2D eigenvalue weighted by Crippen LogP contribution is 2.30. The number of ether oxygens (including phenoxy) is 7. The van der Waals surface area contributed by atoms with Crippen LogP contribution in [-0.4, -0.2) is 61.5 Å². The Morgan fingerprint density at radius 2 is 1.39 bits per heavy atom. The van der Waals surface area contributed by atoms with Gasteiger partial charge in [-0.25, -0.2) is 14.4 Å². The predicted molar refractivity (Wildman–Crippen MR) is 126 cm³/mol. The van der Waals surface area contributed by atoms with Gasteiger partial charge in [0.1, 0.15) is 30.0 Å². The van der Waals surface area contributed by atoms with Crippen LogP contribution < -0.4 is 15.2 Å². The zero-order chi connectivity index (χ0) is 27.7. The molecule has 1 aromatic rings. The van der Waals surface area contributed by atoms with Crippen molar-refractivity contribution in [1.82, 2.24) is 0 Å². The summed E-state index contributed by atoms with van der Waals surface area (Å²) in [4.78, 5) is 47.7. The molecule has 0 amide bonds. The van der Waals surface area contributed by atoms with E-state index in [-0.39, 0.29) is 24.5 Å². The first kappa shape index (κ1) is 30.5. The van der Waals surface area contributed by atoms with Gasteiger partial charge in [-0.3, -0.25) is 4.79 Å². The number of rotatable bonds is 8. The third-order valence-electron chi connectivity index (χ3n) is 3.86. The van der Waals surface area contributed by atoms with Crippen molar-refractivity contribution in [3.8, 4) is 11.5 Å². The van der Waals surface area contributed by atoms with E-state index >= 15 is 0 Å². The van der Waals surface area contributed by atoms with Crippen LogP contribution in [-0.2, 0) is 34.9 Å². The standard InChI is InChI=1S/C24H35NO11/c1-14(32-20(27)30-8)13-31-19(26)16(25)11-15-9-10-17(33-21(28)35-23(2,3)4)18(12-15)34-22(29)36-24(5,6)7/h9-10,12,14,16H,11,13,25H2,1-8H3/t14-,16-/m0/s1. The molecule has 0 heterocycles. The van der Waals surface area contributed by atoms with Gasteiger partial charge in [-0.15, -0.1) is 0 Å². The summed E-state index contributed by atoms with van der Waals surface area (Å²) in [6.45, 7) is 11.3. The second-order valence-corrected chi connectivity index (χ2v) is 9.74. The second-order valence-electron chi connectivity index (χ2n) is 9.74. The molecule has 0 bridgehead atoms. The van der Waals surface area contributed by atoms with Crippen LogP contribution in [0.5, 0.6) is 11.5 Å². The Bertz CT molecular complexity index is 931. The minimum Gasteiger partial charge on any atom is -0.461 e. The van der Waals surface area contributed by atoms with Crippen LogP contribution >= 0.6 is 0 Å². The molecule has 0 spiro atoms. The Balaban J connectivity index is 2.97. The summed E-state index contributed by atoms with van der Waals surface area (Å²) in [5, 5.41) is 0. The van der Waals surface area contributed by atoms with Gasteiger partial charge in [-0.2, -0.15) is 0 Å². The second kappa shape index (κ2) is 13.0. The van der Waals surface area contributed by atoms with Crippen molar-refractivity contribution in [2.45, 2.75) is 78.2 Å². The lowest BCUT2D eigenvalue weighted by Gasteiger charge is -2.21. The van der Waals surface area contributed by atoms with Crippen LogP contribution in [0.4, 0.5) is 14.4 Å². The van der Waals surface area contributed by atoms with Crippen molar-refractivity contribution in [1.29, 1.82) is 0 Å². The van der Waals surface area contributed by atoms with Crippen LogP contribution in [0.25, 0.3) is 0 Å². The molecule has 0 aliphatic rings. The lowest BCUT2D eigenvalue weighted by Crippen LogP contribution is -2.36. The SMILES string of the molecule is COC(=O)O[C@@H](C)COC(=O)[C@@H](N)Cc1ccc(OC(=O)OC(C)(C)C)c(OC(=O)OC(C)(C)C)c1. The van der Waals surface area contributed by atoms with Crippen LogP contribution in [0.15, 0.2) is 18.2 Å². The van der Waals surface area contributed by atoms with Gasteiger partial charge in [0.05, 0.1) is 7.11 Å². The third kappa shape index (κ3) is 12.2. The van der Waals surface area contributed by atoms with Gasteiger partial charge in [-0.1, -0.05) is 6.07 Å². The Kier molecular flexibility index (Phi) is 11.0. The quantitative estimate of drug-likeness (QED) is 0.304. The molecule has 12 nitrogen and oxygen atoms in total. The molecule has 1 rings (SSSR count). The Hall–Kier alpha value is -3.54. The van der Waals surface area contributed by atoms with Crippen molar-refractivity contribution >= 4 is 24.4 Å². The van der Waals surface area contributed by atoms with E-state index in [2.05, 4.69) is 4.74 Å². The molecule has 2 N–H and O–H groups in total. The summed E-state index contributed by atoms with van der Waals surface area (Å²) in [6.07, 6.45) is -3.70. The number of esters is 1. The zero-order valence-electron chi connectivity index (χ0n) is 21.9. The van der Waals surface area contributed by atoms with Crippen LogP contribution in [0.3, 0.4) is 0 Å². The van der Waals surface area contributed by atoms with Gasteiger partial charge in [0.2, 0.25) is 0 Å². The van der Waals surface area contributed by atoms with E-state index in [4.69, 9.17) is 34.2 Å². The van der Waals surface area contributed by atoms with E-state index in [1.807, 2.05) is 0 Å².